The van der Waals surface area contributed by atoms with Crippen molar-refractivity contribution in [3.05, 3.63) is 54.2 Å². The second kappa shape index (κ2) is 10.9. The number of nitrogens with zero attached hydrogens (tertiary/aromatic N) is 6. The van der Waals surface area contributed by atoms with Gasteiger partial charge in [0.25, 0.3) is 0 Å². The monoisotopic (exact) mass is 587 g/mol. The van der Waals surface area contributed by atoms with Crippen molar-refractivity contribution in [2.75, 3.05) is 22.5 Å². The number of aromatic nitrogens is 5. The fourth-order valence-corrected chi connectivity index (χ4v) is 5.72. The van der Waals surface area contributed by atoms with Crippen LogP contribution in [0.3, 0.4) is 0 Å². The molecule has 3 amide bonds. The molecule has 43 heavy (non-hydrogen) atoms. The number of carbonyl (C=O) groups excluding carboxylic acids is 4. The van der Waals surface area contributed by atoms with Crippen LogP contribution in [0.2, 0.25) is 0 Å². The number of amides is 3. The molecule has 1 saturated heterocycles. The molecule has 4 aromatic rings. The zero-order chi connectivity index (χ0) is 30.4. The number of anilines is 4. The van der Waals surface area contributed by atoms with Crippen molar-refractivity contribution >= 4 is 57.4 Å². The number of benzene rings is 1. The van der Waals surface area contributed by atoms with Crippen molar-refractivity contribution in [1.29, 1.82) is 0 Å². The minimum absolute atomic E-state index is 0.134. The van der Waals surface area contributed by atoms with Crippen LogP contribution in [0.25, 0.3) is 10.9 Å². The van der Waals surface area contributed by atoms with Gasteiger partial charge in [0.1, 0.15) is 30.9 Å². The van der Waals surface area contributed by atoms with E-state index in [1.165, 1.54) is 22.8 Å². The van der Waals surface area contributed by atoms with Gasteiger partial charge in [-0.15, -0.1) is 0 Å². The van der Waals surface area contributed by atoms with E-state index < -0.39 is 24.0 Å². The average molecular weight is 588 g/mol. The van der Waals surface area contributed by atoms with E-state index in [0.29, 0.717) is 45.6 Å². The number of Topliss-reactive ketones (excluding diaryl/α,β-unsaturated/α-hetero) is 1. The Kier molecular flexibility index (Phi) is 7.12. The minimum Gasteiger partial charge on any atom is -0.353 e. The van der Waals surface area contributed by atoms with Gasteiger partial charge in [-0.1, -0.05) is 6.92 Å². The van der Waals surface area contributed by atoms with E-state index in [0.717, 1.165) is 0 Å². The van der Waals surface area contributed by atoms with Crippen molar-refractivity contribution in [1.82, 2.24) is 29.2 Å². The smallest absolute Gasteiger partial charge is 0.248 e. The first-order chi connectivity index (χ1) is 20.6. The predicted octanol–water partition coefficient (Wildman–Crippen LogP) is 2.82. The van der Waals surface area contributed by atoms with Crippen LogP contribution in [0, 0.1) is 5.92 Å². The Bertz CT molecular complexity index is 1770. The summed E-state index contributed by atoms with van der Waals surface area (Å²) in [5.74, 6) is -0.855. The highest BCUT2D eigenvalue weighted by molar-refractivity contribution is 6.08. The summed E-state index contributed by atoms with van der Waals surface area (Å²) < 4.78 is 17.8. The summed E-state index contributed by atoms with van der Waals surface area (Å²) in [5, 5.41) is 13.7. The lowest BCUT2D eigenvalue weighted by atomic mass is 9.98. The summed E-state index contributed by atoms with van der Waals surface area (Å²) >= 11 is 0. The van der Waals surface area contributed by atoms with E-state index in [4.69, 9.17) is 0 Å². The second-order valence-electron chi connectivity index (χ2n) is 11.0. The lowest BCUT2D eigenvalue weighted by Crippen LogP contribution is -2.44. The zero-order valence-electron chi connectivity index (χ0n) is 23.8. The van der Waals surface area contributed by atoms with E-state index >= 15 is 0 Å². The van der Waals surface area contributed by atoms with Crippen LogP contribution in [0.4, 0.5) is 27.4 Å². The molecule has 3 aromatic heterocycles. The number of rotatable bonds is 7. The van der Waals surface area contributed by atoms with Gasteiger partial charge < -0.3 is 25.4 Å². The van der Waals surface area contributed by atoms with Crippen LogP contribution in [0.1, 0.15) is 36.2 Å². The third kappa shape index (κ3) is 5.31. The largest absolute Gasteiger partial charge is 0.353 e. The molecule has 0 aliphatic carbocycles. The molecule has 5 heterocycles. The third-order valence-electron chi connectivity index (χ3n) is 7.87. The van der Waals surface area contributed by atoms with Gasteiger partial charge in [0.2, 0.25) is 17.7 Å². The van der Waals surface area contributed by atoms with Crippen molar-refractivity contribution in [3.63, 3.8) is 0 Å². The lowest BCUT2D eigenvalue weighted by Gasteiger charge is -2.24. The van der Waals surface area contributed by atoms with Crippen molar-refractivity contribution in [2.24, 2.45) is 13.0 Å². The summed E-state index contributed by atoms with van der Waals surface area (Å²) in [6, 6.07) is 4.35. The molecule has 222 valence electrons. The van der Waals surface area contributed by atoms with Crippen LogP contribution in [-0.4, -0.2) is 71.5 Å². The highest BCUT2D eigenvalue weighted by atomic mass is 19.1. The topological polar surface area (TPSA) is 156 Å². The molecule has 0 spiro atoms. The van der Waals surface area contributed by atoms with E-state index in [1.807, 2.05) is 0 Å². The Hall–Kier alpha value is -5.14. The number of nitrogens with one attached hydrogen (secondary N) is 3. The first-order valence-electron chi connectivity index (χ1n) is 13.9. The fourth-order valence-electron chi connectivity index (χ4n) is 5.72. The standard InChI is InChI=1S/C29H30FN9O4/c1-15-6-21-26(36-37(3)27(21)35-28(15)42)34-29(43)24-7-17(30)11-39(24)25(41)13-38-12-22(16(2)40)20-8-18(4-5-23(20)38)33-19-9-31-14-32-10-19/h4-5,8-10,12,14-15,17,24,33H,6-7,11,13H2,1-3H3,(H,35,42)(H,34,36,43)/t15?,17-,24+/m1/s1. The summed E-state index contributed by atoms with van der Waals surface area (Å²) in [7, 11) is 1.65. The first-order valence-corrected chi connectivity index (χ1v) is 13.9. The van der Waals surface area contributed by atoms with Crippen molar-refractivity contribution in [2.45, 2.75) is 45.4 Å². The Morgan fingerprint density at radius 3 is 2.67 bits per heavy atom. The van der Waals surface area contributed by atoms with Crippen LogP contribution in [-0.2, 0) is 34.4 Å². The molecule has 1 aromatic carbocycles. The zero-order valence-corrected chi connectivity index (χ0v) is 23.8. The Labute approximate surface area is 245 Å². The van der Waals surface area contributed by atoms with Crippen LogP contribution in [0.15, 0.2) is 43.1 Å². The van der Waals surface area contributed by atoms with Gasteiger partial charge in [-0.05, 0) is 31.5 Å². The summed E-state index contributed by atoms with van der Waals surface area (Å²) in [4.78, 5) is 60.8. The van der Waals surface area contributed by atoms with E-state index in [2.05, 4.69) is 31.0 Å². The van der Waals surface area contributed by atoms with Crippen LogP contribution in [0.5, 0.6) is 0 Å². The molecule has 14 heteroatoms. The highest BCUT2D eigenvalue weighted by Gasteiger charge is 2.41. The predicted molar refractivity (Wildman–Crippen MR) is 156 cm³/mol. The van der Waals surface area contributed by atoms with Gasteiger partial charge >= 0.3 is 0 Å². The number of hydrogen-bond donors (Lipinski definition) is 3. The van der Waals surface area contributed by atoms with Gasteiger partial charge in [-0.3, -0.25) is 23.9 Å². The first kappa shape index (κ1) is 28.0. The number of likely N-dealkylation sites (tertiary alicyclic amines) is 1. The molecule has 3 atom stereocenters. The molecule has 6 rings (SSSR count). The Morgan fingerprint density at radius 2 is 1.93 bits per heavy atom. The van der Waals surface area contributed by atoms with Gasteiger partial charge in [0.15, 0.2) is 11.6 Å². The average Bonchev–Trinajstić information content (AvgIpc) is 3.63. The maximum atomic E-state index is 14.7. The molecule has 0 radical (unpaired) electrons. The van der Waals surface area contributed by atoms with Crippen LogP contribution < -0.4 is 16.0 Å². The second-order valence-corrected chi connectivity index (χ2v) is 11.0. The maximum absolute atomic E-state index is 14.7. The van der Waals surface area contributed by atoms with Crippen molar-refractivity contribution < 1.29 is 23.6 Å². The van der Waals surface area contributed by atoms with Gasteiger partial charge in [0.05, 0.1) is 24.6 Å². The number of carbonyl (C=O) groups is 4. The molecular weight excluding hydrogens is 557 g/mol. The van der Waals surface area contributed by atoms with Gasteiger partial charge in [-0.25, -0.2) is 14.4 Å². The Morgan fingerprint density at radius 1 is 1.16 bits per heavy atom. The number of fused-ring (bicyclic) bond motifs is 2. The number of halogens is 1. The molecule has 13 nitrogen and oxygen atoms in total. The molecule has 1 unspecified atom stereocenters. The molecular formula is C29H30FN9O4. The minimum atomic E-state index is -1.37. The summed E-state index contributed by atoms with van der Waals surface area (Å²) in [6.45, 7) is 2.81. The number of aryl methyl sites for hydroxylation is 1. The lowest BCUT2D eigenvalue weighted by molar-refractivity contribution is -0.137. The maximum Gasteiger partial charge on any atom is 0.248 e. The quantitative estimate of drug-likeness (QED) is 0.279. The van der Waals surface area contributed by atoms with E-state index in [-0.39, 0.29) is 42.9 Å². The molecule has 2 aliphatic heterocycles. The highest BCUT2D eigenvalue weighted by Crippen LogP contribution is 2.32. The molecule has 0 saturated carbocycles. The van der Waals surface area contributed by atoms with Crippen LogP contribution >= 0.6 is 0 Å². The summed E-state index contributed by atoms with van der Waals surface area (Å²) in [6.07, 6.45) is 5.13. The third-order valence-corrected chi connectivity index (χ3v) is 7.87. The van der Waals surface area contributed by atoms with E-state index in [9.17, 15) is 23.6 Å². The summed E-state index contributed by atoms with van der Waals surface area (Å²) in [5.41, 5.74) is 3.12. The van der Waals surface area contributed by atoms with Gasteiger partial charge in [-0.2, -0.15) is 5.10 Å². The van der Waals surface area contributed by atoms with Crippen molar-refractivity contribution in [3.8, 4) is 0 Å². The number of hydrogen-bond acceptors (Lipinski definition) is 8. The molecule has 1 fully saturated rings. The van der Waals surface area contributed by atoms with E-state index in [1.54, 1.807) is 55.3 Å². The van der Waals surface area contributed by atoms with Gasteiger partial charge in [0, 0.05) is 53.3 Å². The normalized spacial score (nSPS) is 19.7. The molecule has 2 aliphatic rings. The SMILES string of the molecule is CC(=O)c1cn(CC(=O)N2C[C@H](F)C[C@H]2C(=O)Nc2nn(C)c3c2CC(C)C(=O)N3)c2ccc(Nc3cncnc3)cc12. The number of ketones is 1. The number of alkyl halides is 1. The molecule has 0 bridgehead atoms. The molecule has 3 N–H and O–H groups in total. The fraction of sp³-hybridized carbons (Fsp3) is 0.345. The Balaban J connectivity index is 1.22.